The van der Waals surface area contributed by atoms with E-state index in [0.29, 0.717) is 28.7 Å². The van der Waals surface area contributed by atoms with Crippen molar-refractivity contribution < 1.29 is 9.53 Å². The molecule has 4 heterocycles. The first-order chi connectivity index (χ1) is 21.5. The lowest BCUT2D eigenvalue weighted by Crippen LogP contribution is -2.09. The van der Waals surface area contributed by atoms with Gasteiger partial charge in [0.2, 0.25) is 0 Å². The number of esters is 1. The van der Waals surface area contributed by atoms with Gasteiger partial charge in [0.1, 0.15) is 22.1 Å². The van der Waals surface area contributed by atoms with Crippen LogP contribution in [0.3, 0.4) is 0 Å². The van der Waals surface area contributed by atoms with Crippen LogP contribution in [-0.2, 0) is 4.74 Å². The van der Waals surface area contributed by atoms with E-state index in [1.54, 1.807) is 25.1 Å². The molecular formula is C35H33IN6O4. The van der Waals surface area contributed by atoms with Gasteiger partial charge in [-0.2, -0.15) is 0 Å². The van der Waals surface area contributed by atoms with E-state index < -0.39 is 0 Å². The Balaban J connectivity index is 0.000000219. The fourth-order valence-corrected chi connectivity index (χ4v) is 5.59. The molecule has 2 N–H and O–H groups in total. The van der Waals surface area contributed by atoms with E-state index in [0.717, 1.165) is 31.6 Å². The second-order valence-electron chi connectivity index (χ2n) is 9.59. The summed E-state index contributed by atoms with van der Waals surface area (Å²) in [5.41, 5.74) is 5.83. The Morgan fingerprint density at radius 1 is 0.761 bits per heavy atom. The number of fused-ring (bicyclic) bond motifs is 2. The van der Waals surface area contributed by atoms with Gasteiger partial charge >= 0.3 is 5.97 Å². The third-order valence-corrected chi connectivity index (χ3v) is 7.66. The van der Waals surface area contributed by atoms with Crippen molar-refractivity contribution >= 4 is 50.6 Å². The first kappa shape index (κ1) is 33.6. The summed E-state index contributed by atoms with van der Waals surface area (Å²) >= 11 is 2.19. The minimum atomic E-state index is -0.378. The van der Waals surface area contributed by atoms with Gasteiger partial charge in [0, 0.05) is 29.3 Å². The number of halogens is 1. The summed E-state index contributed by atoms with van der Waals surface area (Å²) in [6, 6.07) is 26.5. The van der Waals surface area contributed by atoms with Crippen LogP contribution in [0.2, 0.25) is 0 Å². The predicted octanol–water partition coefficient (Wildman–Crippen LogP) is 7.15. The molecule has 0 aliphatic carbocycles. The van der Waals surface area contributed by atoms with Crippen LogP contribution in [0.1, 0.15) is 32.1 Å². The quantitative estimate of drug-likeness (QED) is 0.143. The maximum Gasteiger partial charge on any atom is 0.338 e. The highest BCUT2D eigenvalue weighted by molar-refractivity contribution is 14.1. The van der Waals surface area contributed by atoms with E-state index in [-0.39, 0.29) is 31.9 Å². The van der Waals surface area contributed by atoms with Crippen LogP contribution in [-0.4, -0.2) is 41.6 Å². The summed E-state index contributed by atoms with van der Waals surface area (Å²) in [6.07, 6.45) is 6.61. The van der Waals surface area contributed by atoms with E-state index >= 15 is 0 Å². The molecule has 0 atom stereocenters. The van der Waals surface area contributed by atoms with E-state index in [4.69, 9.17) is 4.74 Å². The van der Waals surface area contributed by atoms with Crippen LogP contribution >= 0.6 is 22.6 Å². The van der Waals surface area contributed by atoms with Gasteiger partial charge in [-0.15, -0.1) is 0 Å². The number of nitrogens with zero attached hydrogens (tertiary/aromatic N) is 4. The molecule has 0 radical (unpaired) electrons. The maximum absolute atomic E-state index is 12.5. The molecule has 3 aromatic carbocycles. The van der Waals surface area contributed by atoms with Gasteiger partial charge in [-0.25, -0.2) is 14.8 Å². The third kappa shape index (κ3) is 6.54. The van der Waals surface area contributed by atoms with Crippen molar-refractivity contribution in [1.82, 2.24) is 29.1 Å². The van der Waals surface area contributed by atoms with Gasteiger partial charge < -0.3 is 23.8 Å². The van der Waals surface area contributed by atoms with Crippen LogP contribution < -0.4 is 11.1 Å². The van der Waals surface area contributed by atoms with Crippen molar-refractivity contribution in [3.05, 3.63) is 140 Å². The summed E-state index contributed by atoms with van der Waals surface area (Å²) in [5, 5.41) is 0. The number of para-hydroxylation sites is 2. The molecule has 0 saturated carbocycles. The number of carbonyl (C=O) groups is 1. The zero-order valence-electron chi connectivity index (χ0n) is 23.4. The molecule has 0 fully saturated rings. The normalized spacial score (nSPS) is 10.4. The molecule has 10 nitrogen and oxygen atoms in total. The first-order valence-electron chi connectivity index (χ1n) is 13.7. The minimum Gasteiger partial charge on any atom is -0.462 e. The molecule has 4 aromatic heterocycles. The lowest BCUT2D eigenvalue weighted by Gasteiger charge is -2.04. The minimum absolute atomic E-state index is 0. The lowest BCUT2D eigenvalue weighted by atomic mass is 10.0. The number of benzene rings is 3. The van der Waals surface area contributed by atoms with Crippen molar-refractivity contribution in [2.45, 2.75) is 21.8 Å². The second-order valence-corrected chi connectivity index (χ2v) is 10.8. The van der Waals surface area contributed by atoms with Crippen molar-refractivity contribution in [3.8, 4) is 22.5 Å². The first-order valence-corrected chi connectivity index (χ1v) is 14.8. The van der Waals surface area contributed by atoms with Crippen LogP contribution in [0, 0.1) is 3.57 Å². The number of hydrogen-bond donors (Lipinski definition) is 2. The Bertz CT molecular complexity index is 2220. The smallest absolute Gasteiger partial charge is 0.338 e. The summed E-state index contributed by atoms with van der Waals surface area (Å²) in [5.74, 6) is -0.378. The summed E-state index contributed by atoms with van der Waals surface area (Å²) in [7, 11) is 0. The average molecular weight is 729 g/mol. The predicted molar refractivity (Wildman–Crippen MR) is 191 cm³/mol. The number of aromatic amines is 2. The second kappa shape index (κ2) is 14.7. The number of rotatable bonds is 5. The summed E-state index contributed by atoms with van der Waals surface area (Å²) in [4.78, 5) is 50.3. The molecule has 0 saturated heterocycles. The molecule has 0 aliphatic heterocycles. The number of aromatic nitrogens is 6. The molecule has 0 unspecified atom stereocenters. The Morgan fingerprint density at radius 3 is 1.89 bits per heavy atom. The van der Waals surface area contributed by atoms with Crippen LogP contribution in [0.4, 0.5) is 0 Å². The number of nitrogens with one attached hydrogen (secondary N) is 2. The van der Waals surface area contributed by atoms with Crippen molar-refractivity contribution in [2.75, 3.05) is 6.61 Å². The number of carbonyl (C=O) groups excluding carboxylic acids is 1. The standard InChI is InChI=1S/C21H17N3O3.C12H8IN3O.2CH4/c1-2-27-21(26)15-8-6-7-14(11-15)17-12-24(16-9-4-3-5-10-16)19-18(17)22-13-23-20(19)25;13-9-6-16(8-4-2-1-3-5-8)11-10(9)14-7-15-12(11)17;;/h3-13H,2H2,1H3,(H,22,23,25);1-7H,(H,14,15,17);2*1H4. The van der Waals surface area contributed by atoms with Crippen LogP contribution in [0.25, 0.3) is 44.6 Å². The van der Waals surface area contributed by atoms with Gasteiger partial charge in [0.15, 0.2) is 0 Å². The van der Waals surface area contributed by atoms with E-state index in [2.05, 4.69) is 42.5 Å². The number of ether oxygens (including phenoxy) is 1. The fraction of sp³-hybridized carbons (Fsp3) is 0.114. The van der Waals surface area contributed by atoms with Crippen molar-refractivity contribution in [1.29, 1.82) is 0 Å². The van der Waals surface area contributed by atoms with Crippen LogP contribution in [0.5, 0.6) is 0 Å². The van der Waals surface area contributed by atoms with E-state index in [1.165, 1.54) is 12.7 Å². The summed E-state index contributed by atoms with van der Waals surface area (Å²) < 4.78 is 9.73. The zero-order valence-corrected chi connectivity index (χ0v) is 25.6. The topological polar surface area (TPSA) is 128 Å². The van der Waals surface area contributed by atoms with Gasteiger partial charge in [-0.1, -0.05) is 63.4 Å². The summed E-state index contributed by atoms with van der Waals surface area (Å²) in [6.45, 7) is 2.08. The highest BCUT2D eigenvalue weighted by Gasteiger charge is 2.17. The molecule has 7 aromatic rings. The Labute approximate surface area is 278 Å². The SMILES string of the molecule is C.C.CCOC(=O)c1cccc(-c2cn(-c3ccccc3)c3c(=O)[nH]cnc23)c1.O=c1[nH]cnc2c(I)cn(-c3ccccc3)c12. The molecule has 11 heteroatoms. The fourth-order valence-electron chi connectivity index (χ4n) is 4.92. The van der Waals surface area contributed by atoms with Crippen molar-refractivity contribution in [3.63, 3.8) is 0 Å². The Kier molecular flexibility index (Phi) is 10.7. The van der Waals surface area contributed by atoms with Gasteiger partial charge in [0.05, 0.1) is 28.4 Å². The molecule has 0 spiro atoms. The number of hydrogen-bond acceptors (Lipinski definition) is 6. The molecule has 0 amide bonds. The number of H-pyrrole nitrogens is 2. The third-order valence-electron chi connectivity index (χ3n) is 6.87. The van der Waals surface area contributed by atoms with Gasteiger partial charge in [-0.3, -0.25) is 9.59 Å². The molecule has 0 bridgehead atoms. The van der Waals surface area contributed by atoms with E-state index in [1.807, 2.05) is 88.3 Å². The monoisotopic (exact) mass is 728 g/mol. The Morgan fingerprint density at radius 2 is 1.30 bits per heavy atom. The van der Waals surface area contributed by atoms with Gasteiger partial charge in [0.25, 0.3) is 11.1 Å². The maximum atomic E-state index is 12.5. The highest BCUT2D eigenvalue weighted by atomic mass is 127. The largest absolute Gasteiger partial charge is 0.462 e. The lowest BCUT2D eigenvalue weighted by molar-refractivity contribution is 0.0526. The average Bonchev–Trinajstić information content (AvgIpc) is 3.62. The van der Waals surface area contributed by atoms with Crippen LogP contribution in [0.15, 0.2) is 120 Å². The van der Waals surface area contributed by atoms with Gasteiger partial charge in [-0.05, 0) is 71.5 Å². The van der Waals surface area contributed by atoms with E-state index in [9.17, 15) is 14.4 Å². The molecule has 234 valence electrons. The highest BCUT2D eigenvalue weighted by Crippen LogP contribution is 2.30. The zero-order chi connectivity index (χ0) is 30.6. The molecule has 7 rings (SSSR count). The Hall–Kier alpha value is -5.30. The molecule has 0 aliphatic rings. The molecular weight excluding hydrogens is 695 g/mol. The molecule has 46 heavy (non-hydrogen) atoms. The van der Waals surface area contributed by atoms with Crippen molar-refractivity contribution in [2.24, 2.45) is 0 Å².